The summed E-state index contributed by atoms with van der Waals surface area (Å²) in [5.41, 5.74) is 2.02. The molecule has 5 aliphatic carbocycles. The van der Waals surface area contributed by atoms with Crippen molar-refractivity contribution in [3.05, 3.63) is 11.1 Å². The van der Waals surface area contributed by atoms with Gasteiger partial charge in [-0.1, -0.05) is 55.4 Å². The Hall–Kier alpha value is -1.16. The molecular weight excluding hydrogens is 508 g/mol. The van der Waals surface area contributed by atoms with Gasteiger partial charge in [-0.25, -0.2) is 0 Å². The number of halogens is 1. The third kappa shape index (κ3) is 3.77. The Morgan fingerprint density at radius 1 is 0.897 bits per heavy atom. The van der Waals surface area contributed by atoms with E-state index in [1.54, 1.807) is 0 Å². The van der Waals surface area contributed by atoms with E-state index in [2.05, 4.69) is 55.4 Å². The number of Topliss-reactive ketones (excluding diaryl/α,β-unsaturated/α-hetero) is 1. The van der Waals surface area contributed by atoms with Gasteiger partial charge in [-0.2, -0.15) is 0 Å². The molecule has 0 N–H and O–H groups in total. The van der Waals surface area contributed by atoms with Crippen molar-refractivity contribution in [1.82, 2.24) is 0 Å². The number of carbonyl (C=O) groups is 3. The van der Waals surface area contributed by atoms with E-state index >= 15 is 0 Å². The molecule has 0 aromatic heterocycles. The number of rotatable bonds is 4. The van der Waals surface area contributed by atoms with Crippen LogP contribution >= 0.6 is 11.6 Å². The van der Waals surface area contributed by atoms with Gasteiger partial charge in [-0.05, 0) is 125 Å². The van der Waals surface area contributed by atoms with E-state index in [0.29, 0.717) is 23.2 Å². The predicted octanol–water partition coefficient (Wildman–Crippen LogP) is 8.30. The van der Waals surface area contributed by atoms with Crippen LogP contribution in [0.3, 0.4) is 0 Å². The molecule has 5 heteroatoms. The molecule has 0 amide bonds. The highest BCUT2D eigenvalue weighted by atomic mass is 35.5. The van der Waals surface area contributed by atoms with Crippen LogP contribution in [0, 0.1) is 56.7 Å². The highest BCUT2D eigenvalue weighted by Gasteiger charge is 2.71. The quantitative estimate of drug-likeness (QED) is 0.257. The normalized spacial score (nSPS) is 45.7. The van der Waals surface area contributed by atoms with E-state index in [1.165, 1.54) is 32.6 Å². The zero-order valence-electron chi connectivity index (χ0n) is 25.8. The van der Waals surface area contributed by atoms with Crippen molar-refractivity contribution in [1.29, 1.82) is 0 Å². The van der Waals surface area contributed by atoms with Gasteiger partial charge < -0.3 is 4.74 Å². The largest absolute Gasteiger partial charge is 0.452 e. The second-order valence-corrected chi connectivity index (χ2v) is 16.3. The number of hydrogen-bond donors (Lipinski definition) is 0. The third-order valence-electron chi connectivity index (χ3n) is 14.0. The summed E-state index contributed by atoms with van der Waals surface area (Å²) in [6.07, 6.45) is 7.98. The smallest absolute Gasteiger partial charge is 0.303 e. The van der Waals surface area contributed by atoms with Crippen LogP contribution in [0.5, 0.6) is 0 Å². The summed E-state index contributed by atoms with van der Waals surface area (Å²) < 4.78 is 5.69. The number of ketones is 1. The maximum atomic E-state index is 13.7. The van der Waals surface area contributed by atoms with E-state index in [4.69, 9.17) is 16.3 Å². The maximum Gasteiger partial charge on any atom is 0.303 e. The Labute approximate surface area is 241 Å². The number of esters is 1. The molecule has 5 aliphatic rings. The second kappa shape index (κ2) is 9.17. The Morgan fingerprint density at radius 2 is 1.56 bits per heavy atom. The highest BCUT2D eigenvalue weighted by molar-refractivity contribution is 6.64. The van der Waals surface area contributed by atoms with Gasteiger partial charge >= 0.3 is 5.97 Å². The number of fused-ring (bicyclic) bond motifs is 7. The molecule has 9 atom stereocenters. The fourth-order valence-electron chi connectivity index (χ4n) is 11.7. The summed E-state index contributed by atoms with van der Waals surface area (Å²) in [6, 6.07) is 0. The lowest BCUT2D eigenvalue weighted by Crippen LogP contribution is -2.65. The summed E-state index contributed by atoms with van der Waals surface area (Å²) >= 11 is 6.19. The number of carbonyl (C=O) groups excluding carboxylic acids is 3. The van der Waals surface area contributed by atoms with Crippen LogP contribution in [0.25, 0.3) is 0 Å². The minimum atomic E-state index is -1.10. The predicted molar refractivity (Wildman–Crippen MR) is 155 cm³/mol. The molecular formula is C34H51ClO4. The van der Waals surface area contributed by atoms with Crippen molar-refractivity contribution in [3.8, 4) is 0 Å². The molecule has 0 bridgehead atoms. The van der Waals surface area contributed by atoms with Crippen molar-refractivity contribution < 1.29 is 19.1 Å². The van der Waals surface area contributed by atoms with Gasteiger partial charge in [0.25, 0.3) is 5.24 Å². The van der Waals surface area contributed by atoms with Gasteiger partial charge in [0, 0.05) is 18.8 Å². The molecule has 5 rings (SSSR count). The molecule has 218 valence electrons. The minimum absolute atomic E-state index is 0.0107. The fraction of sp³-hybridized carbons (Fsp3) is 0.853. The van der Waals surface area contributed by atoms with Crippen LogP contribution in [0.4, 0.5) is 0 Å². The molecule has 0 heterocycles. The van der Waals surface area contributed by atoms with Crippen molar-refractivity contribution in [2.75, 3.05) is 0 Å². The Morgan fingerprint density at radius 3 is 2.15 bits per heavy atom. The van der Waals surface area contributed by atoms with Gasteiger partial charge in [0.2, 0.25) is 0 Å². The molecule has 0 radical (unpaired) electrons. The molecule has 0 aromatic rings. The van der Waals surface area contributed by atoms with Crippen LogP contribution in [0.15, 0.2) is 11.1 Å². The van der Waals surface area contributed by atoms with Gasteiger partial charge in [0.05, 0.1) is 0 Å². The number of hydrogen-bond acceptors (Lipinski definition) is 4. The molecule has 4 fully saturated rings. The van der Waals surface area contributed by atoms with Gasteiger partial charge in [-0.15, -0.1) is 0 Å². The standard InChI is InChI=1S/C34H51ClO4/c1-19(2)26-23(37)18-34(28(29(35)38)39-21(4)36)17-16-32(8)22(27(26)34)10-11-25-31(7)14-12-20(3)30(5,6)24(31)13-15-33(25,32)9/h19-20,22,24-25,28H,10-18H2,1-9H3/t20-,22+,24-,25+,28?,31-,32+,33+,34+/m0/s1. The van der Waals surface area contributed by atoms with Gasteiger partial charge in [-0.3, -0.25) is 14.4 Å². The lowest BCUT2D eigenvalue weighted by atomic mass is 9.32. The van der Waals surface area contributed by atoms with E-state index in [-0.39, 0.29) is 34.9 Å². The highest BCUT2D eigenvalue weighted by Crippen LogP contribution is 2.77. The molecule has 39 heavy (non-hydrogen) atoms. The number of allylic oxidation sites excluding steroid dienone is 1. The maximum absolute atomic E-state index is 13.7. The molecule has 4 nitrogen and oxygen atoms in total. The monoisotopic (exact) mass is 558 g/mol. The van der Waals surface area contributed by atoms with Crippen LogP contribution < -0.4 is 0 Å². The van der Waals surface area contributed by atoms with Crippen LogP contribution in [0.2, 0.25) is 0 Å². The molecule has 0 spiro atoms. The second-order valence-electron chi connectivity index (χ2n) is 15.9. The van der Waals surface area contributed by atoms with Crippen LogP contribution in [-0.4, -0.2) is 23.1 Å². The molecule has 0 aromatic carbocycles. The van der Waals surface area contributed by atoms with E-state index < -0.39 is 22.7 Å². The van der Waals surface area contributed by atoms with E-state index in [1.807, 2.05) is 0 Å². The Balaban J connectivity index is 1.63. The van der Waals surface area contributed by atoms with Crippen LogP contribution in [-0.2, 0) is 19.1 Å². The summed E-state index contributed by atoms with van der Waals surface area (Å²) in [7, 11) is 0. The first-order valence-corrected chi connectivity index (χ1v) is 16.0. The first kappa shape index (κ1) is 29.3. The average molecular weight is 559 g/mol. The van der Waals surface area contributed by atoms with Crippen molar-refractivity contribution in [3.63, 3.8) is 0 Å². The van der Waals surface area contributed by atoms with Crippen molar-refractivity contribution in [2.24, 2.45) is 56.7 Å². The summed E-state index contributed by atoms with van der Waals surface area (Å²) in [5.74, 6) is 1.97. The molecule has 0 saturated heterocycles. The average Bonchev–Trinajstić information content (AvgIpc) is 3.13. The first-order valence-electron chi connectivity index (χ1n) is 15.6. The van der Waals surface area contributed by atoms with Crippen LogP contribution in [0.1, 0.15) is 120 Å². The SMILES string of the molecule is CC(=O)OC(C(=O)Cl)[C@@]12CC[C@]3(C)[C@H](CC[C@@H]4[C@@]5(C)CC[C@H](C)C(C)(C)[C@@H]5CC[C@]43C)C1=C(C(C)C)C(=O)C2. The minimum Gasteiger partial charge on any atom is -0.452 e. The Kier molecular flexibility index (Phi) is 6.90. The summed E-state index contributed by atoms with van der Waals surface area (Å²) in [5, 5.41) is -0.657. The van der Waals surface area contributed by atoms with Gasteiger partial charge in [0.15, 0.2) is 11.9 Å². The molecule has 0 aliphatic heterocycles. The van der Waals surface area contributed by atoms with E-state index in [0.717, 1.165) is 42.2 Å². The summed E-state index contributed by atoms with van der Waals surface area (Å²) in [4.78, 5) is 38.8. The molecule has 1 unspecified atom stereocenters. The molecule has 4 saturated carbocycles. The third-order valence-corrected chi connectivity index (χ3v) is 14.2. The van der Waals surface area contributed by atoms with E-state index in [9.17, 15) is 14.4 Å². The Bertz CT molecular complexity index is 1120. The number of ether oxygens (including phenoxy) is 1. The first-order chi connectivity index (χ1) is 18.0. The summed E-state index contributed by atoms with van der Waals surface area (Å²) in [6.45, 7) is 20.7. The fourth-order valence-corrected chi connectivity index (χ4v) is 12.0. The van der Waals surface area contributed by atoms with Gasteiger partial charge in [0.1, 0.15) is 0 Å². The lowest BCUT2D eigenvalue weighted by molar-refractivity contribution is -0.222. The zero-order chi connectivity index (χ0) is 28.9. The van der Waals surface area contributed by atoms with Crippen molar-refractivity contribution in [2.45, 2.75) is 126 Å². The van der Waals surface area contributed by atoms with Crippen molar-refractivity contribution >= 4 is 28.6 Å². The lowest BCUT2D eigenvalue weighted by Gasteiger charge is -2.72. The topological polar surface area (TPSA) is 60.4 Å². The zero-order valence-corrected chi connectivity index (χ0v) is 26.6.